The molecule has 0 spiro atoms. The summed E-state index contributed by atoms with van der Waals surface area (Å²) in [5, 5.41) is 5.23. The van der Waals surface area contributed by atoms with Gasteiger partial charge in [0.15, 0.2) is 0 Å². The molecule has 0 saturated carbocycles. The molecule has 0 bridgehead atoms. The van der Waals surface area contributed by atoms with Gasteiger partial charge in [-0.15, -0.1) is 0 Å². The maximum atomic E-state index is 12.6. The number of nitrogens with one attached hydrogen (secondary N) is 1. The molecular weight excluding hydrogens is 308 g/mol. The van der Waals surface area contributed by atoms with Crippen LogP contribution in [0.1, 0.15) is 29.6 Å². The van der Waals surface area contributed by atoms with E-state index in [4.69, 9.17) is 0 Å². The average Bonchev–Trinajstić information content (AvgIpc) is 2.69. The summed E-state index contributed by atoms with van der Waals surface area (Å²) in [5.41, 5.74) is 2.75. The van der Waals surface area contributed by atoms with Gasteiger partial charge >= 0.3 is 0 Å². The van der Waals surface area contributed by atoms with Gasteiger partial charge in [0, 0.05) is 35.4 Å². The van der Waals surface area contributed by atoms with E-state index in [-0.39, 0.29) is 5.91 Å². The summed E-state index contributed by atoms with van der Waals surface area (Å²) in [6, 6.07) is 22.0. The van der Waals surface area contributed by atoms with E-state index in [1.807, 2.05) is 42.5 Å². The summed E-state index contributed by atoms with van der Waals surface area (Å²) in [4.78, 5) is 15.0. The van der Waals surface area contributed by atoms with Crippen LogP contribution >= 0.6 is 0 Å². The van der Waals surface area contributed by atoms with Gasteiger partial charge < -0.3 is 10.2 Å². The van der Waals surface area contributed by atoms with Crippen molar-refractivity contribution in [3.8, 4) is 0 Å². The average molecular weight is 330 g/mol. The highest BCUT2D eigenvalue weighted by Crippen LogP contribution is 2.24. The molecule has 0 radical (unpaired) electrons. The minimum atomic E-state index is -0.0680. The van der Waals surface area contributed by atoms with Crippen LogP contribution in [-0.2, 0) is 0 Å². The Bertz CT molecular complexity index is 875. The van der Waals surface area contributed by atoms with Crippen molar-refractivity contribution in [2.75, 3.05) is 23.3 Å². The monoisotopic (exact) mass is 330 g/mol. The van der Waals surface area contributed by atoms with Crippen LogP contribution in [0.4, 0.5) is 11.4 Å². The van der Waals surface area contributed by atoms with Crippen LogP contribution in [0.5, 0.6) is 0 Å². The number of fused-ring (bicyclic) bond motifs is 1. The quantitative estimate of drug-likeness (QED) is 0.726. The predicted molar refractivity (Wildman–Crippen MR) is 104 cm³/mol. The molecule has 3 aromatic rings. The molecule has 1 aliphatic rings. The van der Waals surface area contributed by atoms with E-state index in [0.29, 0.717) is 5.56 Å². The van der Waals surface area contributed by atoms with Gasteiger partial charge in [0.05, 0.1) is 0 Å². The third kappa shape index (κ3) is 3.36. The second-order valence-electron chi connectivity index (χ2n) is 6.58. The van der Waals surface area contributed by atoms with Gasteiger partial charge in [0.1, 0.15) is 0 Å². The maximum absolute atomic E-state index is 12.6. The first-order chi connectivity index (χ1) is 12.3. The number of carbonyl (C=O) groups is 1. The van der Waals surface area contributed by atoms with E-state index < -0.39 is 0 Å². The van der Waals surface area contributed by atoms with Crippen molar-refractivity contribution < 1.29 is 4.79 Å². The summed E-state index contributed by atoms with van der Waals surface area (Å²) in [6.45, 7) is 2.23. The fourth-order valence-corrected chi connectivity index (χ4v) is 3.50. The fraction of sp³-hybridized carbons (Fsp3) is 0.227. The first-order valence-corrected chi connectivity index (χ1v) is 8.95. The third-order valence-electron chi connectivity index (χ3n) is 4.89. The summed E-state index contributed by atoms with van der Waals surface area (Å²) >= 11 is 0. The Balaban J connectivity index is 1.52. The molecule has 126 valence electrons. The lowest BCUT2D eigenvalue weighted by atomic mass is 10.1. The molecule has 3 aromatic carbocycles. The smallest absolute Gasteiger partial charge is 0.255 e. The van der Waals surface area contributed by atoms with Crippen LogP contribution in [0.15, 0.2) is 66.7 Å². The number of anilines is 2. The molecule has 1 fully saturated rings. The lowest BCUT2D eigenvalue weighted by Gasteiger charge is -2.28. The number of benzene rings is 3. The first kappa shape index (κ1) is 15.7. The van der Waals surface area contributed by atoms with Crippen LogP contribution in [0.3, 0.4) is 0 Å². The zero-order valence-corrected chi connectivity index (χ0v) is 14.2. The molecular formula is C22H22N2O. The third-order valence-corrected chi connectivity index (χ3v) is 4.89. The van der Waals surface area contributed by atoms with E-state index in [0.717, 1.165) is 29.5 Å². The van der Waals surface area contributed by atoms with Gasteiger partial charge in [-0.3, -0.25) is 4.79 Å². The topological polar surface area (TPSA) is 32.3 Å². The molecule has 1 heterocycles. The zero-order chi connectivity index (χ0) is 17.1. The first-order valence-electron chi connectivity index (χ1n) is 8.95. The highest BCUT2D eigenvalue weighted by atomic mass is 16.1. The van der Waals surface area contributed by atoms with E-state index in [1.165, 1.54) is 24.9 Å². The van der Waals surface area contributed by atoms with Gasteiger partial charge in [-0.1, -0.05) is 36.4 Å². The maximum Gasteiger partial charge on any atom is 0.255 e. The lowest BCUT2D eigenvalue weighted by Crippen LogP contribution is -2.29. The number of amides is 1. The largest absolute Gasteiger partial charge is 0.372 e. The Kier molecular flexibility index (Phi) is 4.38. The molecule has 1 aliphatic heterocycles. The molecule has 1 amide bonds. The van der Waals surface area contributed by atoms with Gasteiger partial charge in [-0.2, -0.15) is 0 Å². The van der Waals surface area contributed by atoms with Crippen molar-refractivity contribution >= 4 is 28.1 Å². The SMILES string of the molecule is O=C(Nc1cccc2ccccc12)c1ccc(N2CCCCC2)cc1. The lowest BCUT2D eigenvalue weighted by molar-refractivity contribution is 0.102. The molecule has 0 atom stereocenters. The van der Waals surface area contributed by atoms with Crippen LogP contribution in [0, 0.1) is 0 Å². The van der Waals surface area contributed by atoms with Gasteiger partial charge in [0.25, 0.3) is 5.91 Å². The van der Waals surface area contributed by atoms with Gasteiger partial charge in [0.2, 0.25) is 0 Å². The van der Waals surface area contributed by atoms with Gasteiger partial charge in [-0.05, 0) is 55.0 Å². The Morgan fingerprint density at radius 1 is 0.800 bits per heavy atom. The van der Waals surface area contributed by atoms with Crippen LogP contribution in [-0.4, -0.2) is 19.0 Å². The Hall–Kier alpha value is -2.81. The van der Waals surface area contributed by atoms with Gasteiger partial charge in [-0.25, -0.2) is 0 Å². The molecule has 3 heteroatoms. The van der Waals surface area contributed by atoms with Crippen molar-refractivity contribution in [1.29, 1.82) is 0 Å². The second-order valence-corrected chi connectivity index (χ2v) is 6.58. The summed E-state index contributed by atoms with van der Waals surface area (Å²) in [6.07, 6.45) is 3.83. The molecule has 1 saturated heterocycles. The minimum absolute atomic E-state index is 0.0680. The Morgan fingerprint density at radius 3 is 2.32 bits per heavy atom. The normalized spacial score (nSPS) is 14.5. The van der Waals surface area contributed by atoms with E-state index in [1.54, 1.807) is 0 Å². The highest BCUT2D eigenvalue weighted by molar-refractivity contribution is 6.09. The summed E-state index contributed by atoms with van der Waals surface area (Å²) in [7, 11) is 0. The molecule has 4 rings (SSSR count). The number of hydrogen-bond acceptors (Lipinski definition) is 2. The molecule has 1 N–H and O–H groups in total. The van der Waals surface area contributed by atoms with Crippen molar-refractivity contribution in [2.24, 2.45) is 0 Å². The van der Waals surface area contributed by atoms with Crippen molar-refractivity contribution in [3.63, 3.8) is 0 Å². The fourth-order valence-electron chi connectivity index (χ4n) is 3.50. The van der Waals surface area contributed by atoms with E-state index in [9.17, 15) is 4.79 Å². The highest BCUT2D eigenvalue weighted by Gasteiger charge is 2.12. The standard InChI is InChI=1S/C22H22N2O/c25-22(23-21-10-6-8-17-7-2-3-9-20(17)21)18-11-13-19(14-12-18)24-15-4-1-5-16-24/h2-3,6-14H,1,4-5,15-16H2,(H,23,25). The molecule has 3 nitrogen and oxygen atoms in total. The Labute approximate surface area is 148 Å². The number of piperidine rings is 1. The number of carbonyl (C=O) groups excluding carboxylic acids is 1. The van der Waals surface area contributed by atoms with Crippen molar-refractivity contribution in [2.45, 2.75) is 19.3 Å². The second kappa shape index (κ2) is 6.98. The molecule has 0 unspecified atom stereocenters. The Morgan fingerprint density at radius 2 is 1.52 bits per heavy atom. The molecule has 0 aromatic heterocycles. The van der Waals surface area contributed by atoms with E-state index >= 15 is 0 Å². The zero-order valence-electron chi connectivity index (χ0n) is 14.2. The van der Waals surface area contributed by atoms with Crippen molar-refractivity contribution in [3.05, 3.63) is 72.3 Å². The summed E-state index contributed by atoms with van der Waals surface area (Å²) < 4.78 is 0. The van der Waals surface area contributed by atoms with Crippen LogP contribution in [0.2, 0.25) is 0 Å². The van der Waals surface area contributed by atoms with E-state index in [2.05, 4.69) is 34.5 Å². The summed E-state index contributed by atoms with van der Waals surface area (Å²) in [5.74, 6) is -0.0680. The van der Waals surface area contributed by atoms with Crippen molar-refractivity contribution in [1.82, 2.24) is 0 Å². The van der Waals surface area contributed by atoms with Crippen LogP contribution < -0.4 is 10.2 Å². The predicted octanol–water partition coefficient (Wildman–Crippen LogP) is 5.08. The number of rotatable bonds is 3. The minimum Gasteiger partial charge on any atom is -0.372 e. The van der Waals surface area contributed by atoms with Crippen LogP contribution in [0.25, 0.3) is 10.8 Å². The number of hydrogen-bond donors (Lipinski definition) is 1. The number of nitrogens with zero attached hydrogens (tertiary/aromatic N) is 1. The molecule has 0 aliphatic carbocycles. The molecule has 25 heavy (non-hydrogen) atoms.